The van der Waals surface area contributed by atoms with Crippen molar-refractivity contribution < 1.29 is 15.0 Å². The van der Waals surface area contributed by atoms with Gasteiger partial charge in [0.15, 0.2) is 0 Å². The van der Waals surface area contributed by atoms with Crippen LogP contribution in [0.15, 0.2) is 17.6 Å². The van der Waals surface area contributed by atoms with E-state index in [4.69, 9.17) is 10.8 Å². The topological polar surface area (TPSA) is 96.4 Å². The summed E-state index contributed by atoms with van der Waals surface area (Å²) in [6.45, 7) is 0. The van der Waals surface area contributed by atoms with Crippen LogP contribution in [0.2, 0.25) is 0 Å². The summed E-state index contributed by atoms with van der Waals surface area (Å²) in [5, 5.41) is 18.3. The quantitative estimate of drug-likeness (QED) is 0.740. The lowest BCUT2D eigenvalue weighted by atomic mass is 10.1. The molecule has 0 spiro atoms. The standard InChI is InChI=1S/C10H10N2O3S/c11-6(10(14)15)1-5-2-7(13)9-8(3-5)16-4-12-9/h2-4,6,13H,1,11H2,(H,14,15)/t6-/m1/s1. The lowest BCUT2D eigenvalue weighted by Gasteiger charge is -2.06. The van der Waals surface area contributed by atoms with E-state index < -0.39 is 12.0 Å². The van der Waals surface area contributed by atoms with E-state index in [9.17, 15) is 9.90 Å². The third-order valence-corrected chi connectivity index (χ3v) is 3.02. The van der Waals surface area contributed by atoms with Crippen LogP contribution < -0.4 is 5.73 Å². The maximum Gasteiger partial charge on any atom is 0.320 e. The number of carbonyl (C=O) groups is 1. The van der Waals surface area contributed by atoms with Gasteiger partial charge in [-0.25, -0.2) is 4.98 Å². The minimum absolute atomic E-state index is 0.0614. The third kappa shape index (κ3) is 1.98. The normalized spacial score (nSPS) is 12.8. The molecule has 1 aromatic carbocycles. The molecule has 0 amide bonds. The van der Waals surface area contributed by atoms with Crippen LogP contribution >= 0.6 is 11.3 Å². The molecule has 0 saturated carbocycles. The van der Waals surface area contributed by atoms with Crippen LogP contribution in [0.5, 0.6) is 5.75 Å². The molecule has 0 aliphatic heterocycles. The van der Waals surface area contributed by atoms with Crippen LogP contribution in [0, 0.1) is 0 Å². The molecule has 16 heavy (non-hydrogen) atoms. The first-order chi connectivity index (χ1) is 7.58. The number of nitrogens with two attached hydrogens (primary N) is 1. The maximum absolute atomic E-state index is 10.6. The van der Waals surface area contributed by atoms with Gasteiger partial charge in [0.05, 0.1) is 10.2 Å². The van der Waals surface area contributed by atoms with Crippen LogP contribution in [0.1, 0.15) is 5.56 Å². The van der Waals surface area contributed by atoms with E-state index in [0.717, 1.165) is 4.70 Å². The second kappa shape index (κ2) is 4.07. The fourth-order valence-electron chi connectivity index (χ4n) is 1.46. The number of thiazole rings is 1. The van der Waals surface area contributed by atoms with E-state index in [1.807, 2.05) is 0 Å². The number of carboxylic acid groups (broad SMARTS) is 1. The molecule has 0 aliphatic rings. The van der Waals surface area contributed by atoms with Gasteiger partial charge in [-0.05, 0) is 24.1 Å². The number of phenolic OH excluding ortho intramolecular Hbond substituents is 1. The summed E-state index contributed by atoms with van der Waals surface area (Å²) in [5.41, 5.74) is 8.29. The summed E-state index contributed by atoms with van der Waals surface area (Å²) in [6, 6.07) is 2.35. The number of phenols is 1. The average molecular weight is 238 g/mol. The van der Waals surface area contributed by atoms with Gasteiger partial charge in [-0.1, -0.05) is 0 Å². The zero-order valence-electron chi connectivity index (χ0n) is 8.25. The van der Waals surface area contributed by atoms with Gasteiger partial charge in [-0.15, -0.1) is 11.3 Å². The maximum atomic E-state index is 10.6. The number of hydrogen-bond donors (Lipinski definition) is 3. The average Bonchev–Trinajstić information content (AvgIpc) is 2.65. The minimum Gasteiger partial charge on any atom is -0.506 e. The predicted octanol–water partition coefficient (Wildman–Crippen LogP) is 0.956. The highest BCUT2D eigenvalue weighted by atomic mass is 32.1. The monoisotopic (exact) mass is 238 g/mol. The van der Waals surface area contributed by atoms with Crippen LogP contribution in [-0.4, -0.2) is 27.2 Å². The number of aliphatic carboxylic acids is 1. The number of carboxylic acids is 1. The van der Waals surface area contributed by atoms with Gasteiger partial charge in [0.1, 0.15) is 17.3 Å². The van der Waals surface area contributed by atoms with E-state index in [2.05, 4.69) is 4.98 Å². The van der Waals surface area contributed by atoms with Crippen molar-refractivity contribution in [2.75, 3.05) is 0 Å². The largest absolute Gasteiger partial charge is 0.506 e. The van der Waals surface area contributed by atoms with Crippen LogP contribution in [-0.2, 0) is 11.2 Å². The SMILES string of the molecule is N[C@H](Cc1cc(O)c2ncsc2c1)C(=O)O. The first-order valence-electron chi connectivity index (χ1n) is 4.61. The van der Waals surface area contributed by atoms with Crippen molar-refractivity contribution in [3.8, 4) is 5.75 Å². The molecule has 1 aromatic heterocycles. The number of fused-ring (bicyclic) bond motifs is 1. The van der Waals surface area contributed by atoms with Gasteiger partial charge < -0.3 is 15.9 Å². The smallest absolute Gasteiger partial charge is 0.320 e. The Kier molecular flexibility index (Phi) is 2.76. The summed E-state index contributed by atoms with van der Waals surface area (Å²) in [5.74, 6) is -0.991. The Balaban J connectivity index is 2.35. The summed E-state index contributed by atoms with van der Waals surface area (Å²) in [6.07, 6.45) is 0.191. The van der Waals surface area contributed by atoms with Crippen molar-refractivity contribution in [2.24, 2.45) is 5.73 Å². The van der Waals surface area contributed by atoms with Crippen LogP contribution in [0.3, 0.4) is 0 Å². The number of aromatic hydroxyl groups is 1. The second-order valence-electron chi connectivity index (χ2n) is 3.46. The van der Waals surface area contributed by atoms with Crippen molar-refractivity contribution in [2.45, 2.75) is 12.5 Å². The zero-order valence-corrected chi connectivity index (χ0v) is 9.07. The van der Waals surface area contributed by atoms with Crippen molar-refractivity contribution in [3.05, 3.63) is 23.2 Å². The van der Waals surface area contributed by atoms with Crippen LogP contribution in [0.4, 0.5) is 0 Å². The molecule has 0 radical (unpaired) electrons. The Morgan fingerprint density at radius 1 is 1.56 bits per heavy atom. The Labute approximate surface area is 95.2 Å². The van der Waals surface area contributed by atoms with Crippen molar-refractivity contribution in [1.82, 2.24) is 4.98 Å². The van der Waals surface area contributed by atoms with E-state index in [0.29, 0.717) is 11.1 Å². The zero-order chi connectivity index (χ0) is 11.7. The molecular formula is C10H10N2O3S. The molecule has 0 bridgehead atoms. The lowest BCUT2D eigenvalue weighted by molar-refractivity contribution is -0.138. The highest BCUT2D eigenvalue weighted by Crippen LogP contribution is 2.28. The number of benzene rings is 1. The molecule has 1 atom stereocenters. The second-order valence-corrected chi connectivity index (χ2v) is 4.35. The van der Waals surface area contributed by atoms with Gasteiger partial charge in [-0.2, -0.15) is 0 Å². The lowest BCUT2D eigenvalue weighted by Crippen LogP contribution is -2.32. The number of nitrogens with zero attached hydrogens (tertiary/aromatic N) is 1. The van der Waals surface area contributed by atoms with Gasteiger partial charge >= 0.3 is 5.97 Å². The third-order valence-electron chi connectivity index (χ3n) is 2.25. The Hall–Kier alpha value is -1.66. The van der Waals surface area contributed by atoms with Crippen LogP contribution in [0.25, 0.3) is 10.2 Å². The highest BCUT2D eigenvalue weighted by molar-refractivity contribution is 7.16. The minimum atomic E-state index is -1.05. The summed E-state index contributed by atoms with van der Waals surface area (Å²) < 4.78 is 0.826. The first-order valence-corrected chi connectivity index (χ1v) is 5.49. The molecule has 2 aromatic rings. The van der Waals surface area contributed by atoms with Gasteiger partial charge in [0.25, 0.3) is 0 Å². The fraction of sp³-hybridized carbons (Fsp3) is 0.200. The van der Waals surface area contributed by atoms with E-state index in [1.54, 1.807) is 11.6 Å². The molecular weight excluding hydrogens is 228 g/mol. The summed E-state index contributed by atoms with van der Waals surface area (Å²) in [7, 11) is 0. The van der Waals surface area contributed by atoms with Crippen molar-refractivity contribution in [1.29, 1.82) is 0 Å². The van der Waals surface area contributed by atoms with Gasteiger partial charge in [-0.3, -0.25) is 4.79 Å². The van der Waals surface area contributed by atoms with Gasteiger partial charge in [0.2, 0.25) is 0 Å². The van der Waals surface area contributed by atoms with E-state index in [1.165, 1.54) is 17.4 Å². The Morgan fingerprint density at radius 2 is 2.31 bits per heavy atom. The highest BCUT2D eigenvalue weighted by Gasteiger charge is 2.14. The molecule has 6 heteroatoms. The Bertz CT molecular complexity index is 538. The summed E-state index contributed by atoms with van der Waals surface area (Å²) >= 11 is 1.39. The molecule has 0 fully saturated rings. The summed E-state index contributed by atoms with van der Waals surface area (Å²) in [4.78, 5) is 14.6. The molecule has 2 rings (SSSR count). The molecule has 84 valence electrons. The van der Waals surface area contributed by atoms with E-state index >= 15 is 0 Å². The van der Waals surface area contributed by atoms with Gasteiger partial charge in [0, 0.05) is 0 Å². The Morgan fingerprint density at radius 3 is 3.00 bits per heavy atom. The number of rotatable bonds is 3. The van der Waals surface area contributed by atoms with E-state index in [-0.39, 0.29) is 12.2 Å². The molecule has 0 aliphatic carbocycles. The predicted molar refractivity (Wildman–Crippen MR) is 60.6 cm³/mol. The molecule has 4 N–H and O–H groups in total. The number of aromatic nitrogens is 1. The van der Waals surface area contributed by atoms with Crippen molar-refractivity contribution in [3.63, 3.8) is 0 Å². The molecule has 1 heterocycles. The van der Waals surface area contributed by atoms with Crippen molar-refractivity contribution >= 4 is 27.5 Å². The molecule has 5 nitrogen and oxygen atoms in total. The molecule has 0 unspecified atom stereocenters. The fourth-order valence-corrected chi connectivity index (χ4v) is 2.22. The molecule has 0 saturated heterocycles. The number of hydrogen-bond acceptors (Lipinski definition) is 5. The first kappa shape index (κ1) is 10.8.